The van der Waals surface area contributed by atoms with Crippen LogP contribution in [0.3, 0.4) is 0 Å². The van der Waals surface area contributed by atoms with Gasteiger partial charge in [-0.1, -0.05) is 26.3 Å². The summed E-state index contributed by atoms with van der Waals surface area (Å²) in [5.41, 5.74) is 2.14. The largest absolute Gasteiger partial charge is 0.295 e. The Bertz CT molecular complexity index is 490. The average molecular weight is 286 g/mol. The Morgan fingerprint density at radius 3 is 2.76 bits per heavy atom. The summed E-state index contributed by atoms with van der Waals surface area (Å²) in [5, 5.41) is 0. The summed E-state index contributed by atoms with van der Waals surface area (Å²) < 4.78 is 0. The summed E-state index contributed by atoms with van der Waals surface area (Å²) in [4.78, 5) is 11.8. The Kier molecular flexibility index (Phi) is 3.14. The van der Waals surface area contributed by atoms with E-state index in [2.05, 4.69) is 20.8 Å². The van der Waals surface area contributed by atoms with Crippen LogP contribution in [-0.2, 0) is 4.79 Å². The Balaban J connectivity index is 1.68. The van der Waals surface area contributed by atoms with Gasteiger partial charge in [-0.25, -0.2) is 0 Å². The minimum Gasteiger partial charge on any atom is -0.295 e. The SMILES string of the molecule is CC1CC2=CC(=O)CCC2C2CCC3(C)C(C)CCC3C12. The first kappa shape index (κ1) is 14.0. The molecule has 0 saturated heterocycles. The fourth-order valence-corrected chi connectivity index (χ4v) is 6.85. The molecule has 4 aliphatic carbocycles. The normalized spacial score (nSPS) is 52.7. The number of carbonyl (C=O) groups is 1. The lowest BCUT2D eigenvalue weighted by molar-refractivity contribution is -0.116. The summed E-state index contributed by atoms with van der Waals surface area (Å²) in [6, 6.07) is 0. The smallest absolute Gasteiger partial charge is 0.155 e. The van der Waals surface area contributed by atoms with Gasteiger partial charge in [0.2, 0.25) is 0 Å². The molecule has 7 atom stereocenters. The molecule has 7 unspecified atom stereocenters. The van der Waals surface area contributed by atoms with E-state index < -0.39 is 0 Å². The molecule has 0 bridgehead atoms. The highest BCUT2D eigenvalue weighted by Crippen LogP contribution is 2.64. The molecule has 3 saturated carbocycles. The van der Waals surface area contributed by atoms with Crippen molar-refractivity contribution in [3.8, 4) is 0 Å². The highest BCUT2D eigenvalue weighted by molar-refractivity contribution is 5.91. The molecule has 0 aromatic heterocycles. The van der Waals surface area contributed by atoms with E-state index in [9.17, 15) is 4.79 Å². The van der Waals surface area contributed by atoms with Gasteiger partial charge in [0.25, 0.3) is 0 Å². The number of allylic oxidation sites excluding steroid dienone is 1. The van der Waals surface area contributed by atoms with Crippen molar-refractivity contribution >= 4 is 5.78 Å². The van der Waals surface area contributed by atoms with Crippen LogP contribution >= 0.6 is 0 Å². The minimum atomic E-state index is 0.391. The molecule has 0 N–H and O–H groups in total. The van der Waals surface area contributed by atoms with Crippen LogP contribution in [0.2, 0.25) is 0 Å². The highest BCUT2D eigenvalue weighted by atomic mass is 16.1. The molecule has 0 radical (unpaired) electrons. The lowest BCUT2D eigenvalue weighted by Crippen LogP contribution is -2.49. The standard InChI is InChI=1S/C20H30O/c1-12-10-14-11-15(21)5-6-16(14)17-8-9-20(3)13(2)4-7-18(20)19(12)17/h11-13,16-19H,4-10H2,1-3H3. The fraction of sp³-hybridized carbons (Fsp3) is 0.850. The molecule has 4 rings (SSSR count). The summed E-state index contributed by atoms with van der Waals surface area (Å²) in [7, 11) is 0. The number of hydrogen-bond donors (Lipinski definition) is 0. The molecule has 3 fully saturated rings. The third-order valence-electron chi connectivity index (χ3n) is 8.11. The monoisotopic (exact) mass is 286 g/mol. The number of carbonyl (C=O) groups excluding carboxylic acids is 1. The van der Waals surface area contributed by atoms with Crippen molar-refractivity contribution in [2.45, 2.75) is 65.7 Å². The van der Waals surface area contributed by atoms with E-state index in [0.717, 1.165) is 48.3 Å². The van der Waals surface area contributed by atoms with Crippen LogP contribution < -0.4 is 0 Å². The number of rotatable bonds is 0. The van der Waals surface area contributed by atoms with Gasteiger partial charge in [0.15, 0.2) is 5.78 Å². The van der Waals surface area contributed by atoms with E-state index in [-0.39, 0.29) is 0 Å². The van der Waals surface area contributed by atoms with Gasteiger partial charge in [0.1, 0.15) is 0 Å². The quantitative estimate of drug-likeness (QED) is 0.611. The zero-order valence-corrected chi connectivity index (χ0v) is 13.9. The minimum absolute atomic E-state index is 0.391. The number of hydrogen-bond acceptors (Lipinski definition) is 1. The van der Waals surface area contributed by atoms with Crippen LogP contribution in [0.5, 0.6) is 0 Å². The Morgan fingerprint density at radius 1 is 1.14 bits per heavy atom. The number of ketones is 1. The van der Waals surface area contributed by atoms with Crippen LogP contribution in [0, 0.1) is 40.9 Å². The molecule has 0 aromatic carbocycles. The van der Waals surface area contributed by atoms with Crippen molar-refractivity contribution in [2.75, 3.05) is 0 Å². The Hall–Kier alpha value is -0.590. The van der Waals surface area contributed by atoms with Gasteiger partial charge < -0.3 is 0 Å². The van der Waals surface area contributed by atoms with E-state index in [4.69, 9.17) is 0 Å². The van der Waals surface area contributed by atoms with Crippen LogP contribution in [0.25, 0.3) is 0 Å². The van der Waals surface area contributed by atoms with Crippen molar-refractivity contribution in [1.29, 1.82) is 0 Å². The van der Waals surface area contributed by atoms with E-state index in [1.807, 2.05) is 6.08 Å². The number of fused-ring (bicyclic) bond motifs is 5. The van der Waals surface area contributed by atoms with Crippen molar-refractivity contribution < 1.29 is 4.79 Å². The Morgan fingerprint density at radius 2 is 1.95 bits per heavy atom. The van der Waals surface area contributed by atoms with Gasteiger partial charge in [-0.2, -0.15) is 0 Å². The topological polar surface area (TPSA) is 17.1 Å². The van der Waals surface area contributed by atoms with E-state index >= 15 is 0 Å². The maximum absolute atomic E-state index is 11.8. The molecule has 4 aliphatic rings. The Labute approximate surface area is 129 Å². The lowest BCUT2D eigenvalue weighted by atomic mass is 9.49. The van der Waals surface area contributed by atoms with Crippen LogP contribution in [0.4, 0.5) is 0 Å². The predicted octanol–water partition coefficient (Wildman–Crippen LogP) is 5.01. The first-order valence-corrected chi connectivity index (χ1v) is 9.24. The third kappa shape index (κ3) is 1.92. The second-order valence-electron chi connectivity index (χ2n) is 8.88. The molecular weight excluding hydrogens is 256 g/mol. The van der Waals surface area contributed by atoms with Gasteiger partial charge in [-0.3, -0.25) is 4.79 Å². The first-order chi connectivity index (χ1) is 10.0. The molecule has 0 aromatic rings. The molecular formula is C20H30O. The summed E-state index contributed by atoms with van der Waals surface area (Å²) in [6.45, 7) is 7.56. The van der Waals surface area contributed by atoms with Crippen LogP contribution in [0.15, 0.2) is 11.6 Å². The predicted molar refractivity (Wildman–Crippen MR) is 85.8 cm³/mol. The van der Waals surface area contributed by atoms with E-state index in [1.165, 1.54) is 37.7 Å². The van der Waals surface area contributed by atoms with Crippen molar-refractivity contribution in [3.05, 3.63) is 11.6 Å². The second kappa shape index (κ2) is 4.70. The maximum atomic E-state index is 11.8. The summed E-state index contributed by atoms with van der Waals surface area (Å²) >= 11 is 0. The molecule has 116 valence electrons. The highest BCUT2D eigenvalue weighted by Gasteiger charge is 2.56. The van der Waals surface area contributed by atoms with Crippen LogP contribution in [0.1, 0.15) is 65.7 Å². The van der Waals surface area contributed by atoms with E-state index in [0.29, 0.717) is 11.2 Å². The van der Waals surface area contributed by atoms with Gasteiger partial charge in [-0.15, -0.1) is 0 Å². The second-order valence-corrected chi connectivity index (χ2v) is 8.88. The lowest BCUT2D eigenvalue weighted by Gasteiger charge is -2.56. The van der Waals surface area contributed by atoms with Gasteiger partial charge in [0.05, 0.1) is 0 Å². The van der Waals surface area contributed by atoms with Gasteiger partial charge >= 0.3 is 0 Å². The zero-order valence-electron chi connectivity index (χ0n) is 13.9. The van der Waals surface area contributed by atoms with Crippen molar-refractivity contribution in [2.24, 2.45) is 40.9 Å². The van der Waals surface area contributed by atoms with Crippen molar-refractivity contribution in [1.82, 2.24) is 0 Å². The molecule has 0 spiro atoms. The molecule has 21 heavy (non-hydrogen) atoms. The molecule has 0 amide bonds. The molecule has 0 heterocycles. The summed E-state index contributed by atoms with van der Waals surface area (Å²) in [5.74, 6) is 5.63. The fourth-order valence-electron chi connectivity index (χ4n) is 6.85. The molecule has 1 heteroatoms. The van der Waals surface area contributed by atoms with Gasteiger partial charge in [-0.05, 0) is 85.5 Å². The third-order valence-corrected chi connectivity index (χ3v) is 8.11. The summed E-state index contributed by atoms with van der Waals surface area (Å²) in [6.07, 6.45) is 11.0. The van der Waals surface area contributed by atoms with Crippen molar-refractivity contribution in [3.63, 3.8) is 0 Å². The first-order valence-electron chi connectivity index (χ1n) is 9.24. The maximum Gasteiger partial charge on any atom is 0.155 e. The van der Waals surface area contributed by atoms with Crippen LogP contribution in [-0.4, -0.2) is 5.78 Å². The molecule has 1 nitrogen and oxygen atoms in total. The van der Waals surface area contributed by atoms with Gasteiger partial charge in [0, 0.05) is 6.42 Å². The average Bonchev–Trinajstić information content (AvgIpc) is 2.74. The zero-order chi connectivity index (χ0) is 14.8. The molecule has 0 aliphatic heterocycles. The van der Waals surface area contributed by atoms with E-state index in [1.54, 1.807) is 0 Å².